The summed E-state index contributed by atoms with van der Waals surface area (Å²) in [5, 5.41) is 13.5. The number of ether oxygens (including phenoxy) is 1. The summed E-state index contributed by atoms with van der Waals surface area (Å²) in [4.78, 5) is 11.2. The summed E-state index contributed by atoms with van der Waals surface area (Å²) in [6.45, 7) is 1.06. The maximum absolute atomic E-state index is 11.2. The van der Waals surface area contributed by atoms with Gasteiger partial charge in [0.2, 0.25) is 0 Å². The molecule has 1 N–H and O–H groups in total. The summed E-state index contributed by atoms with van der Waals surface area (Å²) in [5.41, 5.74) is 2.06. The first kappa shape index (κ1) is 10.8. The van der Waals surface area contributed by atoms with Crippen molar-refractivity contribution >= 4 is 5.97 Å². The van der Waals surface area contributed by atoms with E-state index in [1.54, 1.807) is 0 Å². The molecule has 0 atom stereocenters. The fourth-order valence-electron chi connectivity index (χ4n) is 2.89. The van der Waals surface area contributed by atoms with Gasteiger partial charge in [-0.2, -0.15) is 5.10 Å². The highest BCUT2D eigenvalue weighted by Gasteiger charge is 2.29. The molecule has 1 saturated carbocycles. The number of nitrogens with zero attached hydrogens (tertiary/aromatic N) is 2. The van der Waals surface area contributed by atoms with E-state index in [0.717, 1.165) is 30.5 Å². The lowest BCUT2D eigenvalue weighted by Crippen LogP contribution is -2.16. The van der Waals surface area contributed by atoms with E-state index in [4.69, 9.17) is 9.84 Å². The Morgan fingerprint density at radius 3 is 2.88 bits per heavy atom. The highest BCUT2D eigenvalue weighted by molar-refractivity contribution is 5.87. The van der Waals surface area contributed by atoms with Crippen molar-refractivity contribution < 1.29 is 14.6 Å². The zero-order chi connectivity index (χ0) is 11.8. The molecule has 92 valence electrons. The minimum Gasteiger partial charge on any atom is -0.476 e. The third-order valence-corrected chi connectivity index (χ3v) is 3.72. The van der Waals surface area contributed by atoms with Crippen LogP contribution in [0.2, 0.25) is 0 Å². The molecule has 0 bridgehead atoms. The van der Waals surface area contributed by atoms with Gasteiger partial charge in [-0.3, -0.25) is 4.68 Å². The molecule has 0 radical (unpaired) electrons. The van der Waals surface area contributed by atoms with Gasteiger partial charge in [0.15, 0.2) is 5.69 Å². The molecule has 5 nitrogen and oxygen atoms in total. The van der Waals surface area contributed by atoms with Gasteiger partial charge in [0.1, 0.15) is 0 Å². The van der Waals surface area contributed by atoms with Crippen LogP contribution in [0.15, 0.2) is 0 Å². The number of rotatable bonds is 2. The van der Waals surface area contributed by atoms with E-state index in [9.17, 15) is 4.79 Å². The van der Waals surface area contributed by atoms with E-state index in [2.05, 4.69) is 5.10 Å². The van der Waals surface area contributed by atoms with Crippen LogP contribution in [0, 0.1) is 0 Å². The lowest BCUT2D eigenvalue weighted by atomic mass is 10.1. The van der Waals surface area contributed by atoms with Crippen molar-refractivity contribution in [3.63, 3.8) is 0 Å². The molecular formula is C12H16N2O3. The molecule has 0 aromatic carbocycles. The van der Waals surface area contributed by atoms with Crippen molar-refractivity contribution in [3.05, 3.63) is 17.0 Å². The minimum atomic E-state index is -0.941. The van der Waals surface area contributed by atoms with Crippen LogP contribution in [0.5, 0.6) is 0 Å². The molecule has 1 aromatic rings. The van der Waals surface area contributed by atoms with Crippen molar-refractivity contribution in [2.75, 3.05) is 6.61 Å². The van der Waals surface area contributed by atoms with Crippen molar-refractivity contribution in [1.82, 2.24) is 9.78 Å². The first-order valence-corrected chi connectivity index (χ1v) is 6.18. The molecule has 2 aliphatic rings. The largest absolute Gasteiger partial charge is 0.476 e. The summed E-state index contributed by atoms with van der Waals surface area (Å²) in [6, 6.07) is 0.398. The van der Waals surface area contributed by atoms with Crippen LogP contribution in [-0.4, -0.2) is 27.5 Å². The summed E-state index contributed by atoms with van der Waals surface area (Å²) < 4.78 is 7.31. The van der Waals surface area contributed by atoms with Crippen LogP contribution in [-0.2, 0) is 17.8 Å². The Bertz CT molecular complexity index is 447. The molecule has 1 fully saturated rings. The molecule has 0 saturated heterocycles. The summed E-state index contributed by atoms with van der Waals surface area (Å²) in [5.74, 6) is -0.941. The molecule has 0 amide bonds. The van der Waals surface area contributed by atoms with Crippen molar-refractivity contribution in [3.8, 4) is 0 Å². The second-order valence-electron chi connectivity index (χ2n) is 4.76. The van der Waals surface area contributed by atoms with Gasteiger partial charge >= 0.3 is 5.97 Å². The fourth-order valence-corrected chi connectivity index (χ4v) is 2.89. The van der Waals surface area contributed by atoms with Crippen LogP contribution in [0.3, 0.4) is 0 Å². The van der Waals surface area contributed by atoms with E-state index < -0.39 is 5.97 Å². The minimum absolute atomic E-state index is 0.187. The van der Waals surface area contributed by atoms with Crippen LogP contribution < -0.4 is 0 Å². The maximum Gasteiger partial charge on any atom is 0.356 e. The smallest absolute Gasteiger partial charge is 0.356 e. The lowest BCUT2D eigenvalue weighted by molar-refractivity contribution is 0.0677. The summed E-state index contributed by atoms with van der Waals surface area (Å²) >= 11 is 0. The molecular weight excluding hydrogens is 220 g/mol. The topological polar surface area (TPSA) is 64.3 Å². The molecule has 5 heteroatoms. The predicted molar refractivity (Wildman–Crippen MR) is 60.1 cm³/mol. The average molecular weight is 236 g/mol. The van der Waals surface area contributed by atoms with Crippen LogP contribution in [0.1, 0.15) is 53.5 Å². The van der Waals surface area contributed by atoms with Crippen LogP contribution in [0.4, 0.5) is 0 Å². The van der Waals surface area contributed by atoms with Gasteiger partial charge in [-0.1, -0.05) is 12.8 Å². The van der Waals surface area contributed by atoms with E-state index in [1.165, 1.54) is 12.8 Å². The second-order valence-corrected chi connectivity index (χ2v) is 4.76. The van der Waals surface area contributed by atoms with E-state index in [0.29, 0.717) is 19.3 Å². The highest BCUT2D eigenvalue weighted by Crippen LogP contribution is 2.33. The maximum atomic E-state index is 11.2. The molecule has 3 rings (SSSR count). The Kier molecular flexibility index (Phi) is 2.63. The fraction of sp³-hybridized carbons (Fsp3) is 0.667. The zero-order valence-electron chi connectivity index (χ0n) is 9.69. The first-order chi connectivity index (χ1) is 8.27. The lowest BCUT2D eigenvalue weighted by Gasteiger charge is -2.18. The molecule has 1 aliphatic carbocycles. The number of aromatic nitrogens is 2. The number of carboxylic acid groups (broad SMARTS) is 1. The van der Waals surface area contributed by atoms with Gasteiger partial charge < -0.3 is 9.84 Å². The number of carboxylic acids is 1. The van der Waals surface area contributed by atoms with E-state index in [1.807, 2.05) is 4.68 Å². The molecule has 17 heavy (non-hydrogen) atoms. The summed E-state index contributed by atoms with van der Waals surface area (Å²) in [7, 11) is 0. The average Bonchev–Trinajstić information content (AvgIpc) is 2.95. The van der Waals surface area contributed by atoms with E-state index in [-0.39, 0.29) is 5.69 Å². The third kappa shape index (κ3) is 1.74. The monoisotopic (exact) mass is 236 g/mol. The van der Waals surface area contributed by atoms with E-state index >= 15 is 0 Å². The SMILES string of the molecule is O=C(O)c1nn(C2CCCC2)c2c1COCC2. The molecule has 1 aromatic heterocycles. The molecule has 2 heterocycles. The highest BCUT2D eigenvalue weighted by atomic mass is 16.5. The number of carbonyl (C=O) groups is 1. The predicted octanol–water partition coefficient (Wildman–Crippen LogP) is 1.77. The number of hydrogen-bond acceptors (Lipinski definition) is 3. The first-order valence-electron chi connectivity index (χ1n) is 6.18. The van der Waals surface area contributed by atoms with Gasteiger partial charge in [-0.05, 0) is 12.8 Å². The molecule has 1 aliphatic heterocycles. The van der Waals surface area contributed by atoms with Gasteiger partial charge in [-0.15, -0.1) is 0 Å². The van der Waals surface area contributed by atoms with Crippen molar-refractivity contribution in [1.29, 1.82) is 0 Å². The van der Waals surface area contributed by atoms with Crippen molar-refractivity contribution in [2.45, 2.75) is 44.8 Å². The third-order valence-electron chi connectivity index (χ3n) is 3.72. The number of hydrogen-bond donors (Lipinski definition) is 1. The molecule has 0 unspecified atom stereocenters. The zero-order valence-corrected chi connectivity index (χ0v) is 9.69. The van der Waals surface area contributed by atoms with Gasteiger partial charge in [0, 0.05) is 17.7 Å². The number of aromatic carboxylic acids is 1. The Hall–Kier alpha value is -1.36. The normalized spacial score (nSPS) is 20.5. The van der Waals surface area contributed by atoms with Crippen molar-refractivity contribution in [2.24, 2.45) is 0 Å². The Balaban J connectivity index is 2.05. The Labute approximate surface area is 99.4 Å². The van der Waals surface area contributed by atoms with Gasteiger partial charge in [0.05, 0.1) is 19.3 Å². The second kappa shape index (κ2) is 4.14. The molecule has 0 spiro atoms. The number of fused-ring (bicyclic) bond motifs is 1. The standard InChI is InChI=1S/C12H16N2O3/c15-12(16)11-9-7-17-6-5-10(9)14(13-11)8-3-1-2-4-8/h8H,1-7H2,(H,15,16). The Morgan fingerprint density at radius 2 is 2.18 bits per heavy atom. The van der Waals surface area contributed by atoms with Crippen LogP contribution >= 0.6 is 0 Å². The quantitative estimate of drug-likeness (QED) is 0.850. The van der Waals surface area contributed by atoms with Gasteiger partial charge in [-0.25, -0.2) is 4.79 Å². The van der Waals surface area contributed by atoms with Crippen LogP contribution in [0.25, 0.3) is 0 Å². The summed E-state index contributed by atoms with van der Waals surface area (Å²) in [6.07, 6.45) is 5.46. The Morgan fingerprint density at radius 1 is 1.41 bits per heavy atom. The van der Waals surface area contributed by atoms with Gasteiger partial charge in [0.25, 0.3) is 0 Å².